The van der Waals surface area contributed by atoms with Gasteiger partial charge in [-0.3, -0.25) is 0 Å². The quantitative estimate of drug-likeness (QED) is 0.882. The number of halogens is 2. The summed E-state index contributed by atoms with van der Waals surface area (Å²) in [6.45, 7) is 0.513. The monoisotopic (exact) mass is 295 g/mol. The van der Waals surface area contributed by atoms with Crippen LogP contribution in [0.4, 0.5) is 0 Å². The van der Waals surface area contributed by atoms with Crippen LogP contribution in [0.3, 0.4) is 0 Å². The van der Waals surface area contributed by atoms with Gasteiger partial charge in [0.1, 0.15) is 0 Å². The van der Waals surface area contributed by atoms with Gasteiger partial charge in [-0.2, -0.15) is 0 Å². The standard InChI is InChI=1S/C13H11BrClN/c14-13-3-1-2-11(12(13)8-16)9-4-6-10(15)7-5-9/h1-7H,8,16H2. The molecule has 2 aromatic rings. The maximum absolute atomic E-state index is 5.87. The molecule has 0 bridgehead atoms. The van der Waals surface area contributed by atoms with Gasteiger partial charge in [-0.15, -0.1) is 0 Å². The summed E-state index contributed by atoms with van der Waals surface area (Å²) in [4.78, 5) is 0. The van der Waals surface area contributed by atoms with Crippen molar-refractivity contribution >= 4 is 27.5 Å². The molecule has 3 heteroatoms. The molecule has 0 amide bonds. The van der Waals surface area contributed by atoms with Crippen molar-refractivity contribution in [2.24, 2.45) is 5.73 Å². The maximum Gasteiger partial charge on any atom is 0.0406 e. The molecule has 0 aliphatic carbocycles. The van der Waals surface area contributed by atoms with E-state index in [2.05, 4.69) is 22.0 Å². The normalized spacial score (nSPS) is 10.4. The van der Waals surface area contributed by atoms with Crippen LogP contribution in [0.2, 0.25) is 5.02 Å². The lowest BCUT2D eigenvalue weighted by molar-refractivity contribution is 1.06. The van der Waals surface area contributed by atoms with Crippen LogP contribution in [0.1, 0.15) is 5.56 Å². The summed E-state index contributed by atoms with van der Waals surface area (Å²) >= 11 is 9.38. The molecule has 82 valence electrons. The molecule has 0 fully saturated rings. The summed E-state index contributed by atoms with van der Waals surface area (Å²) in [5, 5.41) is 0.744. The molecule has 0 heterocycles. The zero-order valence-electron chi connectivity index (χ0n) is 8.58. The zero-order valence-corrected chi connectivity index (χ0v) is 10.9. The van der Waals surface area contributed by atoms with E-state index in [1.807, 2.05) is 36.4 Å². The molecule has 0 saturated carbocycles. The van der Waals surface area contributed by atoms with E-state index in [4.69, 9.17) is 17.3 Å². The number of hydrogen-bond donors (Lipinski definition) is 1. The van der Waals surface area contributed by atoms with Crippen LogP contribution in [0, 0.1) is 0 Å². The second-order valence-corrected chi connectivity index (χ2v) is 4.77. The molecule has 2 aromatic carbocycles. The molecule has 0 saturated heterocycles. The highest BCUT2D eigenvalue weighted by molar-refractivity contribution is 9.10. The molecule has 0 aliphatic heterocycles. The summed E-state index contributed by atoms with van der Waals surface area (Å²) in [5.74, 6) is 0. The van der Waals surface area contributed by atoms with E-state index in [1.54, 1.807) is 0 Å². The predicted octanol–water partition coefficient (Wildman–Crippen LogP) is 4.23. The van der Waals surface area contributed by atoms with Crippen molar-refractivity contribution in [3.05, 3.63) is 57.5 Å². The molecular formula is C13H11BrClN. The Balaban J connectivity index is 2.55. The Morgan fingerprint density at radius 2 is 1.75 bits per heavy atom. The van der Waals surface area contributed by atoms with Gasteiger partial charge in [0.2, 0.25) is 0 Å². The third kappa shape index (κ3) is 2.29. The fraction of sp³-hybridized carbons (Fsp3) is 0.0769. The topological polar surface area (TPSA) is 26.0 Å². The van der Waals surface area contributed by atoms with Gasteiger partial charge < -0.3 is 5.73 Å². The Bertz CT molecular complexity index is 494. The van der Waals surface area contributed by atoms with Gasteiger partial charge in [0.05, 0.1) is 0 Å². The second-order valence-electron chi connectivity index (χ2n) is 3.48. The molecule has 0 unspecified atom stereocenters. The van der Waals surface area contributed by atoms with Gasteiger partial charge in [-0.25, -0.2) is 0 Å². The minimum Gasteiger partial charge on any atom is -0.326 e. The van der Waals surface area contributed by atoms with Crippen molar-refractivity contribution in [2.75, 3.05) is 0 Å². The Morgan fingerprint density at radius 1 is 1.06 bits per heavy atom. The van der Waals surface area contributed by atoms with Gasteiger partial charge in [-0.05, 0) is 34.9 Å². The minimum atomic E-state index is 0.513. The third-order valence-corrected chi connectivity index (χ3v) is 3.47. The van der Waals surface area contributed by atoms with E-state index in [9.17, 15) is 0 Å². The molecule has 2 rings (SSSR count). The van der Waals surface area contributed by atoms with Crippen LogP contribution >= 0.6 is 27.5 Å². The minimum absolute atomic E-state index is 0.513. The smallest absolute Gasteiger partial charge is 0.0406 e. The summed E-state index contributed by atoms with van der Waals surface area (Å²) in [7, 11) is 0. The lowest BCUT2D eigenvalue weighted by Crippen LogP contribution is -2.00. The average molecular weight is 297 g/mol. The first-order valence-corrected chi connectivity index (χ1v) is 6.13. The molecule has 2 N–H and O–H groups in total. The largest absolute Gasteiger partial charge is 0.326 e. The van der Waals surface area contributed by atoms with E-state index in [-0.39, 0.29) is 0 Å². The molecular weight excluding hydrogens is 286 g/mol. The summed E-state index contributed by atoms with van der Waals surface area (Å²) in [6, 6.07) is 13.9. The Kier molecular flexibility index (Phi) is 3.64. The van der Waals surface area contributed by atoms with Crippen LogP contribution in [0.5, 0.6) is 0 Å². The fourth-order valence-corrected chi connectivity index (χ4v) is 2.32. The van der Waals surface area contributed by atoms with Crippen LogP contribution in [-0.2, 0) is 6.54 Å². The second kappa shape index (κ2) is 5.00. The van der Waals surface area contributed by atoms with Gasteiger partial charge in [0, 0.05) is 16.0 Å². The number of rotatable bonds is 2. The van der Waals surface area contributed by atoms with Crippen LogP contribution in [0.15, 0.2) is 46.9 Å². The Morgan fingerprint density at radius 3 is 2.38 bits per heavy atom. The van der Waals surface area contributed by atoms with E-state index in [0.717, 1.165) is 26.2 Å². The first-order chi connectivity index (χ1) is 7.72. The lowest BCUT2D eigenvalue weighted by Gasteiger charge is -2.10. The van der Waals surface area contributed by atoms with Crippen molar-refractivity contribution in [1.82, 2.24) is 0 Å². The van der Waals surface area contributed by atoms with Crippen molar-refractivity contribution in [3.63, 3.8) is 0 Å². The average Bonchev–Trinajstić information content (AvgIpc) is 2.30. The van der Waals surface area contributed by atoms with Gasteiger partial charge in [0.15, 0.2) is 0 Å². The third-order valence-electron chi connectivity index (χ3n) is 2.48. The highest BCUT2D eigenvalue weighted by Gasteiger charge is 2.06. The molecule has 0 radical (unpaired) electrons. The van der Waals surface area contributed by atoms with Gasteiger partial charge in [-0.1, -0.05) is 51.8 Å². The van der Waals surface area contributed by atoms with Crippen molar-refractivity contribution in [3.8, 4) is 11.1 Å². The van der Waals surface area contributed by atoms with E-state index < -0.39 is 0 Å². The molecule has 0 aliphatic rings. The molecule has 1 nitrogen and oxygen atoms in total. The van der Waals surface area contributed by atoms with E-state index >= 15 is 0 Å². The Labute approximate surface area is 108 Å². The van der Waals surface area contributed by atoms with Crippen LogP contribution < -0.4 is 5.73 Å². The summed E-state index contributed by atoms with van der Waals surface area (Å²) in [6.07, 6.45) is 0. The van der Waals surface area contributed by atoms with Gasteiger partial charge in [0.25, 0.3) is 0 Å². The van der Waals surface area contributed by atoms with E-state index in [1.165, 1.54) is 0 Å². The molecule has 0 aromatic heterocycles. The summed E-state index contributed by atoms with van der Waals surface area (Å²) in [5.41, 5.74) is 9.16. The van der Waals surface area contributed by atoms with Crippen LogP contribution in [0.25, 0.3) is 11.1 Å². The maximum atomic E-state index is 5.87. The van der Waals surface area contributed by atoms with E-state index in [0.29, 0.717) is 6.54 Å². The molecule has 0 atom stereocenters. The first-order valence-electron chi connectivity index (χ1n) is 4.96. The Hall–Kier alpha value is -0.830. The summed E-state index contributed by atoms with van der Waals surface area (Å²) < 4.78 is 1.04. The van der Waals surface area contributed by atoms with Crippen molar-refractivity contribution < 1.29 is 0 Å². The number of hydrogen-bond acceptors (Lipinski definition) is 1. The SMILES string of the molecule is NCc1c(Br)cccc1-c1ccc(Cl)cc1. The highest BCUT2D eigenvalue weighted by atomic mass is 79.9. The zero-order chi connectivity index (χ0) is 11.5. The van der Waals surface area contributed by atoms with Crippen LogP contribution in [-0.4, -0.2) is 0 Å². The highest BCUT2D eigenvalue weighted by Crippen LogP contribution is 2.29. The van der Waals surface area contributed by atoms with Crippen molar-refractivity contribution in [1.29, 1.82) is 0 Å². The molecule has 16 heavy (non-hydrogen) atoms. The van der Waals surface area contributed by atoms with Gasteiger partial charge >= 0.3 is 0 Å². The fourth-order valence-electron chi connectivity index (χ4n) is 1.67. The predicted molar refractivity (Wildman–Crippen MR) is 72.5 cm³/mol. The first kappa shape index (κ1) is 11.6. The lowest BCUT2D eigenvalue weighted by atomic mass is 10.00. The van der Waals surface area contributed by atoms with Crippen molar-refractivity contribution in [2.45, 2.75) is 6.54 Å². The molecule has 0 spiro atoms. The number of nitrogens with two attached hydrogens (primary N) is 1. The number of benzene rings is 2.